The van der Waals surface area contributed by atoms with Crippen molar-refractivity contribution in [2.75, 3.05) is 50.6 Å². The molecular formula is C19H32N4O2. The van der Waals surface area contributed by atoms with Crippen LogP contribution >= 0.6 is 0 Å². The average molecular weight is 348 g/mol. The van der Waals surface area contributed by atoms with E-state index >= 15 is 0 Å². The molecule has 140 valence electrons. The van der Waals surface area contributed by atoms with Gasteiger partial charge in [-0.15, -0.1) is 0 Å². The van der Waals surface area contributed by atoms with E-state index in [9.17, 15) is 4.79 Å². The molecule has 0 spiro atoms. The summed E-state index contributed by atoms with van der Waals surface area (Å²) in [7, 11) is 3.76. The first-order valence-corrected chi connectivity index (χ1v) is 9.14. The summed E-state index contributed by atoms with van der Waals surface area (Å²) in [6, 6.07) is 4.66. The highest BCUT2D eigenvalue weighted by Crippen LogP contribution is 2.25. The lowest BCUT2D eigenvalue weighted by atomic mass is 10.0. The number of hydrogen-bond acceptors (Lipinski definition) is 5. The molecule has 1 amide bonds. The smallest absolute Gasteiger partial charge is 0.219 e. The Balaban J connectivity index is 2.08. The lowest BCUT2D eigenvalue weighted by Gasteiger charge is -2.32. The predicted octanol–water partition coefficient (Wildman–Crippen LogP) is 2.71. The number of carbonyl (C=O) groups is 1. The Morgan fingerprint density at radius 2 is 2.08 bits per heavy atom. The van der Waals surface area contributed by atoms with Crippen molar-refractivity contribution in [2.24, 2.45) is 0 Å². The molecule has 0 bridgehead atoms. The van der Waals surface area contributed by atoms with Crippen LogP contribution in [0.25, 0.3) is 0 Å². The summed E-state index contributed by atoms with van der Waals surface area (Å²) < 4.78 is 5.18. The van der Waals surface area contributed by atoms with Crippen molar-refractivity contribution in [3.05, 3.63) is 17.8 Å². The van der Waals surface area contributed by atoms with Crippen LogP contribution in [0.5, 0.6) is 0 Å². The van der Waals surface area contributed by atoms with Gasteiger partial charge in [0.25, 0.3) is 0 Å². The fourth-order valence-corrected chi connectivity index (χ4v) is 3.03. The quantitative estimate of drug-likeness (QED) is 0.821. The van der Waals surface area contributed by atoms with Gasteiger partial charge in [0, 0.05) is 64.2 Å². The summed E-state index contributed by atoms with van der Waals surface area (Å²) in [5, 5.41) is 3.65. The Bertz CT molecular complexity index is 569. The van der Waals surface area contributed by atoms with Crippen molar-refractivity contribution in [1.29, 1.82) is 0 Å². The molecule has 6 heteroatoms. The number of nitrogens with zero attached hydrogens (tertiary/aromatic N) is 3. The molecule has 2 rings (SSSR count). The van der Waals surface area contributed by atoms with Crippen molar-refractivity contribution >= 4 is 17.4 Å². The summed E-state index contributed by atoms with van der Waals surface area (Å²) in [5.41, 5.74) is 2.20. The number of aromatic nitrogens is 1. The number of amides is 1. The normalized spacial score (nSPS) is 15.5. The first-order valence-electron chi connectivity index (χ1n) is 9.14. The van der Waals surface area contributed by atoms with Gasteiger partial charge in [-0.1, -0.05) is 13.8 Å². The van der Waals surface area contributed by atoms with Gasteiger partial charge in [0.05, 0.1) is 6.61 Å². The summed E-state index contributed by atoms with van der Waals surface area (Å²) in [4.78, 5) is 20.3. The Kier molecular flexibility index (Phi) is 7.05. The van der Waals surface area contributed by atoms with Crippen molar-refractivity contribution in [2.45, 2.75) is 45.6 Å². The van der Waals surface area contributed by atoms with Gasteiger partial charge in [-0.25, -0.2) is 4.98 Å². The van der Waals surface area contributed by atoms with Gasteiger partial charge in [0.2, 0.25) is 5.91 Å². The number of likely N-dealkylation sites (N-methyl/N-ethyl adjacent to an activating group) is 1. The number of rotatable bonds is 7. The molecule has 1 aromatic rings. The van der Waals surface area contributed by atoms with Gasteiger partial charge < -0.3 is 19.9 Å². The zero-order valence-electron chi connectivity index (χ0n) is 16.2. The van der Waals surface area contributed by atoms with Crippen LogP contribution in [0.3, 0.4) is 0 Å². The van der Waals surface area contributed by atoms with E-state index in [1.165, 1.54) is 0 Å². The minimum absolute atomic E-state index is 0.173. The van der Waals surface area contributed by atoms with E-state index < -0.39 is 0 Å². The maximum absolute atomic E-state index is 11.5. The molecule has 0 atom stereocenters. The second-order valence-corrected chi connectivity index (χ2v) is 7.13. The van der Waals surface area contributed by atoms with Crippen molar-refractivity contribution < 1.29 is 9.53 Å². The van der Waals surface area contributed by atoms with Crippen molar-refractivity contribution in [1.82, 2.24) is 9.88 Å². The maximum Gasteiger partial charge on any atom is 0.219 e. The molecule has 1 aliphatic rings. The van der Waals surface area contributed by atoms with Crippen LogP contribution in [0.15, 0.2) is 12.1 Å². The number of anilines is 2. The van der Waals surface area contributed by atoms with Gasteiger partial charge in [-0.05, 0) is 24.8 Å². The number of nitrogens with one attached hydrogen (secondary N) is 1. The molecule has 0 radical (unpaired) electrons. The van der Waals surface area contributed by atoms with E-state index in [4.69, 9.17) is 9.72 Å². The third kappa shape index (κ3) is 5.59. The third-order valence-corrected chi connectivity index (χ3v) is 4.76. The second kappa shape index (κ2) is 9.04. The monoisotopic (exact) mass is 348 g/mol. The Morgan fingerprint density at radius 3 is 2.64 bits per heavy atom. The minimum Gasteiger partial charge on any atom is -0.383 e. The van der Waals surface area contributed by atoms with E-state index in [1.54, 1.807) is 14.0 Å². The number of pyridine rings is 1. The zero-order valence-corrected chi connectivity index (χ0v) is 16.2. The maximum atomic E-state index is 11.5. The van der Waals surface area contributed by atoms with E-state index in [1.807, 2.05) is 11.9 Å². The Hall–Kier alpha value is -1.82. The first-order chi connectivity index (χ1) is 11.9. The summed E-state index contributed by atoms with van der Waals surface area (Å²) in [5.74, 6) is 1.51. The lowest BCUT2D eigenvalue weighted by molar-refractivity contribution is -0.129. The molecule has 2 heterocycles. The molecule has 25 heavy (non-hydrogen) atoms. The van der Waals surface area contributed by atoms with Crippen molar-refractivity contribution in [3.63, 3.8) is 0 Å². The predicted molar refractivity (Wildman–Crippen MR) is 102 cm³/mol. The van der Waals surface area contributed by atoms with Gasteiger partial charge >= 0.3 is 0 Å². The van der Waals surface area contributed by atoms with E-state index in [-0.39, 0.29) is 5.91 Å². The van der Waals surface area contributed by atoms with Crippen LogP contribution in [0.1, 0.15) is 45.2 Å². The molecule has 0 aliphatic carbocycles. The lowest BCUT2D eigenvalue weighted by Crippen LogP contribution is -2.41. The molecule has 0 saturated carbocycles. The van der Waals surface area contributed by atoms with Gasteiger partial charge in [-0.3, -0.25) is 4.79 Å². The molecule has 1 aromatic heterocycles. The molecule has 1 N–H and O–H groups in total. The number of carbonyl (C=O) groups excluding carboxylic acids is 1. The fourth-order valence-electron chi connectivity index (χ4n) is 3.03. The number of methoxy groups -OCH3 is 1. The molecule has 0 aromatic carbocycles. The molecule has 1 aliphatic heterocycles. The fraction of sp³-hybridized carbons (Fsp3) is 0.684. The minimum atomic E-state index is 0.173. The topological polar surface area (TPSA) is 57.7 Å². The third-order valence-electron chi connectivity index (χ3n) is 4.76. The number of likely N-dealkylation sites (tertiary alicyclic amines) is 1. The average Bonchev–Trinajstić information content (AvgIpc) is 2.59. The summed E-state index contributed by atoms with van der Waals surface area (Å²) >= 11 is 0. The SMILES string of the molecule is COCCN(C)c1cc(NC2CCN(C(C)=O)CC2)cc(C(C)C)n1. The van der Waals surface area contributed by atoms with E-state index in [0.29, 0.717) is 18.6 Å². The Morgan fingerprint density at radius 1 is 1.40 bits per heavy atom. The van der Waals surface area contributed by atoms with E-state index in [2.05, 4.69) is 36.2 Å². The highest BCUT2D eigenvalue weighted by atomic mass is 16.5. The van der Waals surface area contributed by atoms with Crippen LogP contribution in [-0.2, 0) is 9.53 Å². The Labute approximate surface area is 151 Å². The number of ether oxygens (including phenoxy) is 1. The summed E-state index contributed by atoms with van der Waals surface area (Å²) in [6.07, 6.45) is 1.96. The number of hydrogen-bond donors (Lipinski definition) is 1. The highest BCUT2D eigenvalue weighted by molar-refractivity contribution is 5.73. The molecule has 0 unspecified atom stereocenters. The molecular weight excluding hydrogens is 316 g/mol. The largest absolute Gasteiger partial charge is 0.383 e. The van der Waals surface area contributed by atoms with E-state index in [0.717, 1.165) is 49.7 Å². The molecule has 1 saturated heterocycles. The molecule has 1 fully saturated rings. The standard InChI is InChI=1S/C19H32N4O2/c1-14(2)18-12-17(13-19(21-18)22(4)10-11-25-5)20-16-6-8-23(9-7-16)15(3)24/h12-14,16H,6-11H2,1-5H3,(H,20,21). The molecule has 6 nitrogen and oxygen atoms in total. The van der Waals surface area contributed by atoms with Crippen LogP contribution < -0.4 is 10.2 Å². The summed E-state index contributed by atoms with van der Waals surface area (Å²) in [6.45, 7) is 9.11. The second-order valence-electron chi connectivity index (χ2n) is 7.13. The highest BCUT2D eigenvalue weighted by Gasteiger charge is 2.21. The van der Waals surface area contributed by atoms with Crippen molar-refractivity contribution in [3.8, 4) is 0 Å². The number of piperidine rings is 1. The van der Waals surface area contributed by atoms with Gasteiger partial charge in [-0.2, -0.15) is 0 Å². The van der Waals surface area contributed by atoms with Gasteiger partial charge in [0.15, 0.2) is 0 Å². The zero-order chi connectivity index (χ0) is 18.4. The first kappa shape index (κ1) is 19.5. The van der Waals surface area contributed by atoms with Gasteiger partial charge in [0.1, 0.15) is 5.82 Å². The van der Waals surface area contributed by atoms with Crippen LogP contribution in [0, 0.1) is 0 Å². The van der Waals surface area contributed by atoms with Crippen LogP contribution in [-0.4, -0.2) is 62.2 Å². The van der Waals surface area contributed by atoms with Crippen LogP contribution in [0.2, 0.25) is 0 Å². The van der Waals surface area contributed by atoms with Crippen LogP contribution in [0.4, 0.5) is 11.5 Å².